The third-order valence-corrected chi connectivity index (χ3v) is 4.14. The van der Waals surface area contributed by atoms with E-state index < -0.39 is 0 Å². The van der Waals surface area contributed by atoms with E-state index in [4.69, 9.17) is 9.47 Å². The van der Waals surface area contributed by atoms with Crippen LogP contribution in [0.4, 0.5) is 0 Å². The first kappa shape index (κ1) is 16.1. The van der Waals surface area contributed by atoms with Crippen LogP contribution in [0.5, 0.6) is 11.5 Å². The summed E-state index contributed by atoms with van der Waals surface area (Å²) in [6.07, 6.45) is 4.50. The van der Waals surface area contributed by atoms with E-state index in [1.807, 2.05) is 26.0 Å². The topological polar surface area (TPSA) is 50.7 Å². The Morgan fingerprint density at radius 1 is 1.10 bits per heavy atom. The Balaban J connectivity index is 2.04. The number of hydrogen-bond acceptors (Lipinski definition) is 4. The van der Waals surface area contributed by atoms with Crippen LogP contribution in [0.2, 0.25) is 0 Å². The molecule has 21 heavy (non-hydrogen) atoms. The van der Waals surface area contributed by atoms with E-state index in [0.29, 0.717) is 13.2 Å². The Morgan fingerprint density at radius 2 is 1.76 bits per heavy atom. The number of ether oxygens (including phenoxy) is 2. The van der Waals surface area contributed by atoms with Crippen LogP contribution < -0.4 is 14.8 Å². The van der Waals surface area contributed by atoms with Gasteiger partial charge in [-0.25, -0.2) is 0 Å². The molecule has 2 rings (SSSR count). The Hall–Kier alpha value is -1.26. The molecule has 0 bridgehead atoms. The van der Waals surface area contributed by atoms with Crippen molar-refractivity contribution >= 4 is 0 Å². The lowest BCUT2D eigenvalue weighted by Gasteiger charge is -2.28. The summed E-state index contributed by atoms with van der Waals surface area (Å²) in [4.78, 5) is 0. The summed E-state index contributed by atoms with van der Waals surface area (Å²) in [5.41, 5.74) is 1.06. The first-order chi connectivity index (χ1) is 10.2. The molecule has 1 saturated carbocycles. The van der Waals surface area contributed by atoms with E-state index in [2.05, 4.69) is 11.4 Å². The van der Waals surface area contributed by atoms with E-state index in [0.717, 1.165) is 36.4 Å². The molecule has 1 aromatic carbocycles. The highest BCUT2D eigenvalue weighted by atomic mass is 16.5. The van der Waals surface area contributed by atoms with Crippen LogP contribution in [-0.4, -0.2) is 30.5 Å². The predicted octanol–water partition coefficient (Wildman–Crippen LogP) is 2.88. The van der Waals surface area contributed by atoms with Crippen LogP contribution in [0, 0.1) is 0 Å². The maximum Gasteiger partial charge on any atom is 0.161 e. The van der Waals surface area contributed by atoms with E-state index >= 15 is 0 Å². The van der Waals surface area contributed by atoms with Crippen molar-refractivity contribution in [2.24, 2.45) is 0 Å². The Kier molecular flexibility index (Phi) is 5.88. The second-order valence-electron chi connectivity index (χ2n) is 5.65. The molecule has 0 aromatic heterocycles. The molecule has 1 fully saturated rings. The molecule has 0 spiro atoms. The van der Waals surface area contributed by atoms with Gasteiger partial charge in [0.05, 0.1) is 19.8 Å². The third kappa shape index (κ3) is 4.11. The van der Waals surface area contributed by atoms with Gasteiger partial charge in [-0.1, -0.05) is 18.9 Å². The first-order valence-electron chi connectivity index (χ1n) is 7.97. The predicted molar refractivity (Wildman–Crippen MR) is 83.9 cm³/mol. The molecule has 0 amide bonds. The smallest absolute Gasteiger partial charge is 0.161 e. The average Bonchev–Trinajstić information content (AvgIpc) is 2.97. The normalized spacial score (nSPS) is 16.9. The zero-order valence-corrected chi connectivity index (χ0v) is 13.2. The molecule has 0 unspecified atom stereocenters. The van der Waals surface area contributed by atoms with Gasteiger partial charge in [0.25, 0.3) is 0 Å². The fourth-order valence-electron chi connectivity index (χ4n) is 2.94. The minimum absolute atomic E-state index is 0.0929. The Labute approximate surface area is 127 Å². The van der Waals surface area contributed by atoms with Crippen molar-refractivity contribution < 1.29 is 14.6 Å². The summed E-state index contributed by atoms with van der Waals surface area (Å²) in [7, 11) is 0. The lowest BCUT2D eigenvalue weighted by atomic mass is 9.98. The van der Waals surface area contributed by atoms with Crippen molar-refractivity contribution in [3.05, 3.63) is 23.8 Å². The maximum absolute atomic E-state index is 9.64. The van der Waals surface area contributed by atoms with Gasteiger partial charge in [-0.3, -0.25) is 0 Å². The fraction of sp³-hybridized carbons (Fsp3) is 0.647. The van der Waals surface area contributed by atoms with Crippen LogP contribution in [0.25, 0.3) is 0 Å². The summed E-state index contributed by atoms with van der Waals surface area (Å²) >= 11 is 0. The number of rotatable bonds is 8. The molecule has 0 aliphatic heterocycles. The lowest BCUT2D eigenvalue weighted by molar-refractivity contribution is 0.163. The monoisotopic (exact) mass is 293 g/mol. The van der Waals surface area contributed by atoms with E-state index in [1.54, 1.807) is 0 Å². The SMILES string of the molecule is CCOc1ccc(CNC2(CO)CCCC2)cc1OCC. The van der Waals surface area contributed by atoms with Crippen molar-refractivity contribution in [3.8, 4) is 11.5 Å². The van der Waals surface area contributed by atoms with Crippen molar-refractivity contribution in [2.75, 3.05) is 19.8 Å². The summed E-state index contributed by atoms with van der Waals surface area (Å²) in [6, 6.07) is 6.05. The minimum Gasteiger partial charge on any atom is -0.490 e. The summed E-state index contributed by atoms with van der Waals surface area (Å²) < 4.78 is 11.2. The van der Waals surface area contributed by atoms with Gasteiger partial charge in [0.1, 0.15) is 0 Å². The molecule has 1 aliphatic carbocycles. The first-order valence-corrected chi connectivity index (χ1v) is 7.97. The maximum atomic E-state index is 9.64. The van der Waals surface area contributed by atoms with Crippen LogP contribution in [0.1, 0.15) is 45.1 Å². The molecular formula is C17H27NO3. The highest BCUT2D eigenvalue weighted by Crippen LogP contribution is 2.31. The van der Waals surface area contributed by atoms with Gasteiger partial charge in [0.2, 0.25) is 0 Å². The van der Waals surface area contributed by atoms with Gasteiger partial charge in [-0.05, 0) is 44.4 Å². The molecular weight excluding hydrogens is 266 g/mol. The standard InChI is InChI=1S/C17H27NO3/c1-3-20-15-8-7-14(11-16(15)21-4-2)12-18-17(13-19)9-5-6-10-17/h7-8,11,18-19H,3-6,9-10,12-13H2,1-2H3. The highest BCUT2D eigenvalue weighted by molar-refractivity contribution is 5.43. The molecule has 1 aliphatic rings. The van der Waals surface area contributed by atoms with Gasteiger partial charge in [-0.15, -0.1) is 0 Å². The van der Waals surface area contributed by atoms with Gasteiger partial charge >= 0.3 is 0 Å². The largest absolute Gasteiger partial charge is 0.490 e. The van der Waals surface area contributed by atoms with Gasteiger partial charge in [0.15, 0.2) is 11.5 Å². The number of nitrogens with one attached hydrogen (secondary N) is 1. The molecule has 0 heterocycles. The van der Waals surface area contributed by atoms with Gasteiger partial charge < -0.3 is 19.9 Å². The number of benzene rings is 1. The van der Waals surface area contributed by atoms with Crippen molar-refractivity contribution in [1.82, 2.24) is 5.32 Å². The minimum atomic E-state index is -0.0929. The molecule has 118 valence electrons. The molecule has 4 nitrogen and oxygen atoms in total. The third-order valence-electron chi connectivity index (χ3n) is 4.14. The summed E-state index contributed by atoms with van der Waals surface area (Å²) in [5.74, 6) is 1.59. The molecule has 4 heteroatoms. The quantitative estimate of drug-likeness (QED) is 0.774. The van der Waals surface area contributed by atoms with Crippen molar-refractivity contribution in [1.29, 1.82) is 0 Å². The highest BCUT2D eigenvalue weighted by Gasteiger charge is 2.32. The molecule has 0 saturated heterocycles. The Morgan fingerprint density at radius 3 is 2.38 bits per heavy atom. The molecule has 2 N–H and O–H groups in total. The number of hydrogen-bond donors (Lipinski definition) is 2. The van der Waals surface area contributed by atoms with Crippen LogP contribution in [0.15, 0.2) is 18.2 Å². The van der Waals surface area contributed by atoms with Gasteiger partial charge in [-0.2, -0.15) is 0 Å². The molecule has 0 radical (unpaired) electrons. The average molecular weight is 293 g/mol. The fourth-order valence-corrected chi connectivity index (χ4v) is 2.94. The van der Waals surface area contributed by atoms with Crippen molar-refractivity contribution in [3.63, 3.8) is 0 Å². The van der Waals surface area contributed by atoms with E-state index in [1.165, 1.54) is 12.8 Å². The number of aliphatic hydroxyl groups excluding tert-OH is 1. The van der Waals surface area contributed by atoms with E-state index in [-0.39, 0.29) is 12.1 Å². The summed E-state index contributed by atoms with van der Waals surface area (Å²) in [6.45, 7) is 6.15. The number of aliphatic hydroxyl groups is 1. The second-order valence-corrected chi connectivity index (χ2v) is 5.65. The zero-order valence-electron chi connectivity index (χ0n) is 13.2. The van der Waals surface area contributed by atoms with Crippen LogP contribution in [-0.2, 0) is 6.54 Å². The summed E-state index contributed by atoms with van der Waals surface area (Å²) in [5, 5.41) is 13.2. The van der Waals surface area contributed by atoms with E-state index in [9.17, 15) is 5.11 Å². The lowest BCUT2D eigenvalue weighted by Crippen LogP contribution is -2.45. The Bertz CT molecular complexity index is 442. The molecule has 1 aromatic rings. The van der Waals surface area contributed by atoms with Crippen LogP contribution in [0.3, 0.4) is 0 Å². The second kappa shape index (κ2) is 7.66. The molecule has 0 atom stereocenters. The van der Waals surface area contributed by atoms with Crippen molar-refractivity contribution in [2.45, 2.75) is 51.6 Å². The van der Waals surface area contributed by atoms with Crippen LogP contribution >= 0.6 is 0 Å². The zero-order chi connectivity index (χ0) is 15.1. The van der Waals surface area contributed by atoms with Gasteiger partial charge in [0, 0.05) is 12.1 Å².